The summed E-state index contributed by atoms with van der Waals surface area (Å²) in [5.41, 5.74) is 1.46. The van der Waals surface area contributed by atoms with Crippen LogP contribution in [0.1, 0.15) is 37.2 Å². The van der Waals surface area contributed by atoms with Gasteiger partial charge in [0.15, 0.2) is 0 Å². The number of carbonyl (C=O) groups excluding carboxylic acids is 1. The van der Waals surface area contributed by atoms with Gasteiger partial charge in [0, 0.05) is 12.1 Å². The maximum Gasteiger partial charge on any atom is 0.258 e. The second-order valence-corrected chi connectivity index (χ2v) is 8.19. The predicted octanol–water partition coefficient (Wildman–Crippen LogP) is 3.13. The number of carbonyl (C=O) groups is 1. The van der Waals surface area contributed by atoms with Gasteiger partial charge >= 0.3 is 0 Å². The minimum absolute atomic E-state index is 0.0485. The Kier molecular flexibility index (Phi) is 6.93. The first-order valence-corrected chi connectivity index (χ1v) is 11.3. The lowest BCUT2D eigenvalue weighted by Gasteiger charge is -2.29. The number of likely N-dealkylation sites (tertiary alicyclic amines) is 1. The summed E-state index contributed by atoms with van der Waals surface area (Å²) in [5.74, 6) is 2.10. The number of nitrogens with zero attached hydrogens (tertiary/aromatic N) is 3. The summed E-state index contributed by atoms with van der Waals surface area (Å²) in [7, 11) is 3.27. The highest BCUT2D eigenvalue weighted by atomic mass is 16.5. The van der Waals surface area contributed by atoms with Gasteiger partial charge in [-0.25, -0.2) is 4.98 Å². The number of hydrogen-bond acceptors (Lipinski definition) is 6. The zero-order valence-electron chi connectivity index (χ0n) is 19.3. The summed E-state index contributed by atoms with van der Waals surface area (Å²) < 4.78 is 11.0. The lowest BCUT2D eigenvalue weighted by Crippen LogP contribution is -2.40. The molecule has 2 heterocycles. The highest BCUT2D eigenvalue weighted by Gasteiger charge is 2.32. The predicted molar refractivity (Wildman–Crippen MR) is 127 cm³/mol. The number of fused-ring (bicyclic) bond motifs is 1. The molecule has 1 fully saturated rings. The van der Waals surface area contributed by atoms with E-state index in [2.05, 4.69) is 9.97 Å². The molecule has 1 atom stereocenters. The van der Waals surface area contributed by atoms with Crippen LogP contribution in [-0.4, -0.2) is 59.5 Å². The molecule has 8 nitrogen and oxygen atoms in total. The Hall–Kier alpha value is -3.39. The minimum Gasteiger partial charge on any atom is -0.497 e. The molecule has 174 valence electrons. The molecular formula is C25H30N4O4. The molecule has 8 heteroatoms. The largest absolute Gasteiger partial charge is 0.497 e. The van der Waals surface area contributed by atoms with Crippen molar-refractivity contribution >= 4 is 16.8 Å². The number of rotatable bonds is 8. The third kappa shape index (κ3) is 4.85. The molecule has 1 saturated heterocycles. The molecule has 1 unspecified atom stereocenters. The van der Waals surface area contributed by atoms with Crippen LogP contribution in [0.15, 0.2) is 47.3 Å². The smallest absolute Gasteiger partial charge is 0.258 e. The van der Waals surface area contributed by atoms with Crippen LogP contribution in [0.25, 0.3) is 10.9 Å². The van der Waals surface area contributed by atoms with Crippen molar-refractivity contribution in [3.8, 4) is 11.5 Å². The van der Waals surface area contributed by atoms with Crippen molar-refractivity contribution in [1.82, 2.24) is 19.8 Å². The lowest BCUT2D eigenvalue weighted by molar-refractivity contribution is -0.133. The fourth-order valence-corrected chi connectivity index (χ4v) is 4.47. The van der Waals surface area contributed by atoms with E-state index < -0.39 is 0 Å². The van der Waals surface area contributed by atoms with Crippen LogP contribution in [0.2, 0.25) is 0 Å². The molecule has 4 rings (SSSR count). The minimum atomic E-state index is -0.164. The number of aromatic nitrogens is 2. The Morgan fingerprint density at radius 2 is 2.03 bits per heavy atom. The van der Waals surface area contributed by atoms with Crippen molar-refractivity contribution in [3.63, 3.8) is 0 Å². The van der Waals surface area contributed by atoms with Crippen molar-refractivity contribution in [2.75, 3.05) is 33.9 Å². The quantitative estimate of drug-likeness (QED) is 0.567. The first-order valence-electron chi connectivity index (χ1n) is 11.3. The Bertz CT molecular complexity index is 1190. The number of ether oxygens (including phenoxy) is 2. The number of amides is 1. The van der Waals surface area contributed by atoms with E-state index in [1.165, 1.54) is 0 Å². The number of para-hydroxylation sites is 1. The summed E-state index contributed by atoms with van der Waals surface area (Å²) >= 11 is 0. The number of nitrogens with one attached hydrogen (secondary N) is 1. The topological polar surface area (TPSA) is 87.8 Å². The summed E-state index contributed by atoms with van der Waals surface area (Å²) in [6.45, 7) is 3.99. The second kappa shape index (κ2) is 10.0. The third-order valence-corrected chi connectivity index (χ3v) is 6.21. The normalized spacial score (nSPS) is 15.9. The first-order chi connectivity index (χ1) is 16.0. The Morgan fingerprint density at radius 1 is 1.21 bits per heavy atom. The average Bonchev–Trinajstić information content (AvgIpc) is 3.33. The molecule has 0 aliphatic carbocycles. The summed E-state index contributed by atoms with van der Waals surface area (Å²) in [5, 5.41) is 0.563. The van der Waals surface area contributed by atoms with E-state index in [1.807, 2.05) is 53.1 Å². The van der Waals surface area contributed by atoms with E-state index in [4.69, 9.17) is 9.47 Å². The van der Waals surface area contributed by atoms with Crippen LogP contribution in [0.5, 0.6) is 11.5 Å². The first kappa shape index (κ1) is 22.8. The molecule has 1 aliphatic rings. The van der Waals surface area contributed by atoms with E-state index in [0.717, 1.165) is 29.9 Å². The van der Waals surface area contributed by atoms with Crippen LogP contribution in [0.4, 0.5) is 0 Å². The van der Waals surface area contributed by atoms with Crippen LogP contribution in [0, 0.1) is 0 Å². The van der Waals surface area contributed by atoms with Gasteiger partial charge in [-0.1, -0.05) is 19.1 Å². The molecule has 2 aromatic carbocycles. The fourth-order valence-electron chi connectivity index (χ4n) is 4.47. The van der Waals surface area contributed by atoms with Crippen molar-refractivity contribution < 1.29 is 14.3 Å². The number of H-pyrrole nitrogens is 1. The molecule has 3 aromatic rings. The number of aromatic amines is 1. The molecule has 0 bridgehead atoms. The van der Waals surface area contributed by atoms with Gasteiger partial charge in [0.2, 0.25) is 5.91 Å². The van der Waals surface area contributed by atoms with Crippen molar-refractivity contribution in [2.45, 2.75) is 32.4 Å². The molecule has 0 radical (unpaired) electrons. The number of benzene rings is 2. The molecule has 0 spiro atoms. The van der Waals surface area contributed by atoms with Crippen LogP contribution >= 0.6 is 0 Å². The Balaban J connectivity index is 1.51. The Labute approximate surface area is 193 Å². The summed E-state index contributed by atoms with van der Waals surface area (Å²) in [6, 6.07) is 12.9. The summed E-state index contributed by atoms with van der Waals surface area (Å²) in [4.78, 5) is 37.1. The molecule has 33 heavy (non-hydrogen) atoms. The van der Waals surface area contributed by atoms with E-state index in [9.17, 15) is 9.59 Å². The number of likely N-dealkylation sites (N-methyl/N-ethyl adjacent to an activating group) is 1. The molecular weight excluding hydrogens is 420 g/mol. The van der Waals surface area contributed by atoms with Gasteiger partial charge in [0.1, 0.15) is 17.3 Å². The Morgan fingerprint density at radius 3 is 2.79 bits per heavy atom. The van der Waals surface area contributed by atoms with Crippen molar-refractivity contribution in [2.24, 2.45) is 0 Å². The SMILES string of the molecule is CCN(CC(=O)N1CCCC1c1cc(OC)ccc1OC)Cc1nc2ccccc2c(=O)[nH]1. The van der Waals surface area contributed by atoms with Gasteiger partial charge in [-0.2, -0.15) is 0 Å². The second-order valence-electron chi connectivity index (χ2n) is 8.19. The molecule has 1 aliphatic heterocycles. The molecule has 0 saturated carbocycles. The standard InChI is InChI=1S/C25H30N4O4/c1-4-28(15-23-26-20-9-6-5-8-18(20)25(31)27-23)16-24(30)29-13-7-10-21(29)19-14-17(32-2)11-12-22(19)33-3/h5-6,8-9,11-12,14,21H,4,7,10,13,15-16H2,1-3H3,(H,26,27,31). The van der Waals surface area contributed by atoms with E-state index >= 15 is 0 Å². The van der Waals surface area contributed by atoms with Gasteiger partial charge in [0.25, 0.3) is 5.56 Å². The maximum atomic E-state index is 13.3. The van der Waals surface area contributed by atoms with Gasteiger partial charge < -0.3 is 19.4 Å². The van der Waals surface area contributed by atoms with Crippen molar-refractivity contribution in [3.05, 3.63) is 64.2 Å². The highest BCUT2D eigenvalue weighted by molar-refractivity contribution is 5.79. The van der Waals surface area contributed by atoms with E-state index in [1.54, 1.807) is 20.3 Å². The number of methoxy groups -OCH3 is 2. The lowest BCUT2D eigenvalue weighted by atomic mass is 10.0. The zero-order chi connectivity index (χ0) is 23.4. The monoisotopic (exact) mass is 450 g/mol. The van der Waals surface area contributed by atoms with Crippen LogP contribution < -0.4 is 15.0 Å². The third-order valence-electron chi connectivity index (χ3n) is 6.21. The maximum absolute atomic E-state index is 13.3. The highest BCUT2D eigenvalue weighted by Crippen LogP contribution is 2.39. The van der Waals surface area contributed by atoms with Gasteiger partial charge in [0.05, 0.1) is 44.3 Å². The van der Waals surface area contributed by atoms with Crippen LogP contribution in [0.3, 0.4) is 0 Å². The van der Waals surface area contributed by atoms with Gasteiger partial charge in [-0.15, -0.1) is 0 Å². The fraction of sp³-hybridized carbons (Fsp3) is 0.400. The zero-order valence-corrected chi connectivity index (χ0v) is 19.3. The molecule has 1 aromatic heterocycles. The van der Waals surface area contributed by atoms with Crippen LogP contribution in [-0.2, 0) is 11.3 Å². The van der Waals surface area contributed by atoms with Crippen molar-refractivity contribution in [1.29, 1.82) is 0 Å². The molecule has 1 N–H and O–H groups in total. The van der Waals surface area contributed by atoms with Gasteiger partial charge in [-0.3, -0.25) is 14.5 Å². The average molecular weight is 451 g/mol. The van der Waals surface area contributed by atoms with E-state index in [0.29, 0.717) is 36.4 Å². The molecule has 1 amide bonds. The number of hydrogen-bond donors (Lipinski definition) is 1. The van der Waals surface area contributed by atoms with Gasteiger partial charge in [-0.05, 0) is 49.7 Å². The van der Waals surface area contributed by atoms with E-state index in [-0.39, 0.29) is 24.1 Å². The summed E-state index contributed by atoms with van der Waals surface area (Å²) in [6.07, 6.45) is 1.81.